The Morgan fingerprint density at radius 1 is 0.912 bits per heavy atom. The van der Waals surface area contributed by atoms with Gasteiger partial charge in [0.25, 0.3) is 0 Å². The van der Waals surface area contributed by atoms with Gasteiger partial charge in [-0.1, -0.05) is 29.8 Å². The van der Waals surface area contributed by atoms with Gasteiger partial charge in [0.15, 0.2) is 5.82 Å². The highest BCUT2D eigenvalue weighted by Gasteiger charge is 2.30. The van der Waals surface area contributed by atoms with Crippen molar-refractivity contribution in [1.29, 1.82) is 0 Å². The molecule has 1 unspecified atom stereocenters. The van der Waals surface area contributed by atoms with Crippen LogP contribution in [-0.2, 0) is 11.8 Å². The Bertz CT molecular complexity index is 1320. The van der Waals surface area contributed by atoms with E-state index in [4.69, 9.17) is 11.6 Å². The minimum Gasteiger partial charge on any atom is -0.382 e. The normalized spacial score (nSPS) is 13.2. The van der Waals surface area contributed by atoms with Crippen LogP contribution in [0.15, 0.2) is 61.1 Å². The zero-order valence-corrected chi connectivity index (χ0v) is 19.4. The summed E-state index contributed by atoms with van der Waals surface area (Å²) in [6, 6.07) is 10.3. The molecule has 0 fully saturated rings. The molecular formula is C25H22ClF3N4O. The van der Waals surface area contributed by atoms with Crippen molar-refractivity contribution in [2.24, 2.45) is 0 Å². The van der Waals surface area contributed by atoms with Crippen LogP contribution < -0.4 is 5.32 Å². The van der Waals surface area contributed by atoms with Gasteiger partial charge in [0.2, 0.25) is 0 Å². The summed E-state index contributed by atoms with van der Waals surface area (Å²) in [5.41, 5.74) is 1.73. The van der Waals surface area contributed by atoms with Gasteiger partial charge < -0.3 is 10.4 Å². The van der Waals surface area contributed by atoms with Gasteiger partial charge in [-0.15, -0.1) is 0 Å². The van der Waals surface area contributed by atoms with Crippen molar-refractivity contribution < 1.29 is 18.3 Å². The summed E-state index contributed by atoms with van der Waals surface area (Å²) in [5.74, 6) is 0.314. The Morgan fingerprint density at radius 2 is 1.56 bits per heavy atom. The van der Waals surface area contributed by atoms with Crippen LogP contribution in [0.4, 0.5) is 18.9 Å². The minimum atomic E-state index is -4.38. The van der Waals surface area contributed by atoms with Gasteiger partial charge in [0.05, 0.1) is 21.8 Å². The highest BCUT2D eigenvalue weighted by Crippen LogP contribution is 2.36. The molecule has 5 nitrogen and oxygen atoms in total. The van der Waals surface area contributed by atoms with Gasteiger partial charge in [-0.2, -0.15) is 13.2 Å². The lowest BCUT2D eigenvalue weighted by molar-refractivity contribution is -0.137. The number of nitrogens with zero attached hydrogens (tertiary/aromatic N) is 3. The number of nitrogens with one attached hydrogen (secondary N) is 1. The third-order valence-corrected chi connectivity index (χ3v) is 5.74. The zero-order valence-electron chi connectivity index (χ0n) is 18.7. The zero-order chi connectivity index (χ0) is 24.7. The first-order chi connectivity index (χ1) is 15.9. The van der Waals surface area contributed by atoms with Crippen LogP contribution in [0.25, 0.3) is 22.0 Å². The molecule has 176 valence electrons. The molecule has 0 saturated carbocycles. The highest BCUT2D eigenvalue weighted by molar-refractivity contribution is 6.34. The Kier molecular flexibility index (Phi) is 6.22. The van der Waals surface area contributed by atoms with E-state index in [1.165, 1.54) is 18.3 Å². The van der Waals surface area contributed by atoms with Gasteiger partial charge in [-0.25, -0.2) is 9.97 Å². The number of hydrogen-bond donors (Lipinski definition) is 2. The number of fused-ring (bicyclic) bond motifs is 1. The number of halogens is 4. The van der Waals surface area contributed by atoms with Crippen LogP contribution in [0.2, 0.25) is 5.02 Å². The van der Waals surface area contributed by atoms with Crippen molar-refractivity contribution in [3.63, 3.8) is 0 Å². The smallest absolute Gasteiger partial charge is 0.382 e. The second kappa shape index (κ2) is 8.85. The fourth-order valence-corrected chi connectivity index (χ4v) is 3.75. The second-order valence-corrected chi connectivity index (χ2v) is 8.96. The van der Waals surface area contributed by atoms with Crippen LogP contribution >= 0.6 is 11.6 Å². The molecule has 9 heteroatoms. The molecule has 0 aliphatic carbocycles. The number of aromatic nitrogens is 3. The van der Waals surface area contributed by atoms with E-state index in [1.54, 1.807) is 26.2 Å². The summed E-state index contributed by atoms with van der Waals surface area (Å²) in [6.45, 7) is 5.07. The van der Waals surface area contributed by atoms with E-state index in [2.05, 4.69) is 20.3 Å². The maximum Gasteiger partial charge on any atom is 0.416 e. The second-order valence-electron chi connectivity index (χ2n) is 8.55. The van der Waals surface area contributed by atoms with E-state index in [1.807, 2.05) is 25.1 Å². The summed E-state index contributed by atoms with van der Waals surface area (Å²) in [5, 5.41) is 14.5. The van der Waals surface area contributed by atoms with Crippen molar-refractivity contribution in [2.75, 3.05) is 5.32 Å². The number of hydrogen-bond acceptors (Lipinski definition) is 5. The molecule has 34 heavy (non-hydrogen) atoms. The SMILES string of the molecule is CC(Nc1c(Cl)cnc2ccc(-c3cnc(C(C)(C)O)nc3)cc12)c1ccc(C(F)(F)F)cc1. The molecule has 2 aromatic carbocycles. The first-order valence-corrected chi connectivity index (χ1v) is 10.9. The van der Waals surface area contributed by atoms with Crippen molar-refractivity contribution in [3.8, 4) is 11.1 Å². The number of rotatable bonds is 5. The van der Waals surface area contributed by atoms with E-state index in [-0.39, 0.29) is 6.04 Å². The molecule has 2 heterocycles. The lowest BCUT2D eigenvalue weighted by atomic mass is 10.0. The van der Waals surface area contributed by atoms with Crippen molar-refractivity contribution >= 4 is 28.2 Å². The monoisotopic (exact) mass is 486 g/mol. The van der Waals surface area contributed by atoms with Crippen molar-refractivity contribution in [1.82, 2.24) is 15.0 Å². The highest BCUT2D eigenvalue weighted by atomic mass is 35.5. The average molecular weight is 487 g/mol. The fraction of sp³-hybridized carbons (Fsp3) is 0.240. The number of pyridine rings is 1. The number of anilines is 1. The first kappa shape index (κ1) is 23.9. The standard InChI is InChI=1S/C25H22ClF3N4O/c1-14(15-4-7-18(8-5-15)25(27,28)29)33-22-19-10-16(6-9-21(19)30-13-20(22)26)17-11-31-23(32-12-17)24(2,3)34/h4-14,34H,1-3H3,(H,30,33). The summed E-state index contributed by atoms with van der Waals surface area (Å²) < 4.78 is 38.7. The van der Waals surface area contributed by atoms with Gasteiger partial charge in [0.1, 0.15) is 5.60 Å². The minimum absolute atomic E-state index is 0.314. The van der Waals surface area contributed by atoms with E-state index in [0.717, 1.165) is 28.6 Å². The van der Waals surface area contributed by atoms with Crippen molar-refractivity contribution in [2.45, 2.75) is 38.6 Å². The number of alkyl halides is 3. The number of benzene rings is 2. The lowest BCUT2D eigenvalue weighted by Gasteiger charge is -2.19. The molecule has 0 radical (unpaired) electrons. The predicted molar refractivity (Wildman–Crippen MR) is 127 cm³/mol. The number of aliphatic hydroxyl groups is 1. The molecule has 4 rings (SSSR count). The van der Waals surface area contributed by atoms with Gasteiger partial charge in [-0.05, 0) is 56.2 Å². The largest absolute Gasteiger partial charge is 0.416 e. The molecule has 2 N–H and O–H groups in total. The van der Waals surface area contributed by atoms with Crippen LogP contribution in [0, 0.1) is 0 Å². The van der Waals surface area contributed by atoms with Crippen LogP contribution in [0.5, 0.6) is 0 Å². The van der Waals surface area contributed by atoms with Gasteiger partial charge >= 0.3 is 6.18 Å². The van der Waals surface area contributed by atoms with E-state index >= 15 is 0 Å². The fourth-order valence-electron chi connectivity index (χ4n) is 3.55. The summed E-state index contributed by atoms with van der Waals surface area (Å²) >= 11 is 6.46. The summed E-state index contributed by atoms with van der Waals surface area (Å²) in [4.78, 5) is 12.9. The topological polar surface area (TPSA) is 70.9 Å². The molecule has 0 spiro atoms. The molecule has 1 atom stereocenters. The molecule has 0 aliphatic rings. The quantitative estimate of drug-likeness (QED) is 0.326. The molecule has 0 aliphatic heterocycles. The third kappa shape index (κ3) is 4.98. The average Bonchev–Trinajstić information content (AvgIpc) is 2.79. The van der Waals surface area contributed by atoms with Gasteiger partial charge in [0, 0.05) is 35.6 Å². The van der Waals surface area contributed by atoms with E-state index in [0.29, 0.717) is 27.6 Å². The maximum atomic E-state index is 12.9. The Balaban J connectivity index is 1.68. The van der Waals surface area contributed by atoms with Crippen LogP contribution in [0.1, 0.15) is 43.8 Å². The Hall–Kier alpha value is -3.23. The Labute approximate surface area is 199 Å². The summed E-state index contributed by atoms with van der Waals surface area (Å²) in [7, 11) is 0. The third-order valence-electron chi connectivity index (χ3n) is 5.45. The lowest BCUT2D eigenvalue weighted by Crippen LogP contribution is -2.19. The summed E-state index contributed by atoms with van der Waals surface area (Å²) in [6.07, 6.45) is 0.423. The Morgan fingerprint density at radius 3 is 2.15 bits per heavy atom. The van der Waals surface area contributed by atoms with Crippen LogP contribution in [0.3, 0.4) is 0 Å². The van der Waals surface area contributed by atoms with Crippen molar-refractivity contribution in [3.05, 3.63) is 83.0 Å². The molecule has 2 aromatic heterocycles. The molecular weight excluding hydrogens is 465 g/mol. The van der Waals surface area contributed by atoms with E-state index in [9.17, 15) is 18.3 Å². The first-order valence-electron chi connectivity index (χ1n) is 10.5. The molecule has 0 bridgehead atoms. The maximum absolute atomic E-state index is 12.9. The molecule has 0 saturated heterocycles. The predicted octanol–water partition coefficient (Wildman–Crippen LogP) is 6.76. The van der Waals surface area contributed by atoms with Gasteiger partial charge in [-0.3, -0.25) is 4.98 Å². The van der Waals surface area contributed by atoms with Crippen LogP contribution in [-0.4, -0.2) is 20.1 Å². The van der Waals surface area contributed by atoms with E-state index < -0.39 is 17.3 Å². The molecule has 0 amide bonds. The molecule has 4 aromatic rings.